The maximum absolute atomic E-state index is 10.9. The van der Waals surface area contributed by atoms with E-state index in [1.54, 1.807) is 0 Å². The molecular weight excluding hydrogens is 178 g/mol. The summed E-state index contributed by atoms with van der Waals surface area (Å²) < 4.78 is 0. The minimum Gasteiger partial charge on any atom is -0.268 e. The predicted molar refractivity (Wildman–Crippen MR) is 57.6 cm³/mol. The van der Waals surface area contributed by atoms with E-state index >= 15 is 0 Å². The monoisotopic (exact) mass is 199 g/mol. The predicted octanol–water partition coefficient (Wildman–Crippen LogP) is 2.58. The molecule has 1 amide bonds. The van der Waals surface area contributed by atoms with E-state index in [1.807, 2.05) is 0 Å². The molecular formula is C11H21NO2. The molecule has 0 aliphatic rings. The zero-order valence-corrected chi connectivity index (χ0v) is 9.43. The Bertz CT molecular complexity index is 186. The van der Waals surface area contributed by atoms with Crippen LogP contribution in [0.2, 0.25) is 0 Å². The molecule has 82 valence electrons. The molecule has 0 spiro atoms. The zero-order chi connectivity index (χ0) is 11.0. The normalized spacial score (nSPS) is 11.1. The average molecular weight is 199 g/mol. The van der Waals surface area contributed by atoms with Gasteiger partial charge in [0, 0.05) is 0 Å². The lowest BCUT2D eigenvalue weighted by Crippen LogP contribution is -2.39. The van der Waals surface area contributed by atoms with Gasteiger partial charge in [0.2, 0.25) is 0 Å². The molecule has 0 saturated heterocycles. The third-order valence-corrected chi connectivity index (χ3v) is 2.55. The van der Waals surface area contributed by atoms with Crippen molar-refractivity contribution < 1.29 is 9.63 Å². The molecule has 14 heavy (non-hydrogen) atoms. The first kappa shape index (κ1) is 13.2. The van der Waals surface area contributed by atoms with Gasteiger partial charge in [-0.2, -0.15) is 0 Å². The van der Waals surface area contributed by atoms with E-state index in [2.05, 4.69) is 32.8 Å². The van der Waals surface area contributed by atoms with Crippen LogP contribution >= 0.6 is 0 Å². The minimum absolute atomic E-state index is 0.215. The van der Waals surface area contributed by atoms with Crippen molar-refractivity contribution in [3.63, 3.8) is 0 Å². The lowest BCUT2D eigenvalue weighted by atomic mass is 9.92. The van der Waals surface area contributed by atoms with Gasteiger partial charge in [0.15, 0.2) is 0 Å². The summed E-state index contributed by atoms with van der Waals surface area (Å²) in [5.41, 5.74) is 2.19. The van der Waals surface area contributed by atoms with Crippen LogP contribution in [0.1, 0.15) is 46.5 Å². The van der Waals surface area contributed by atoms with E-state index in [1.165, 1.54) is 6.08 Å². The Labute approximate surface area is 86.5 Å². The molecule has 0 aromatic rings. The second kappa shape index (κ2) is 6.60. The molecule has 0 rings (SSSR count). The number of rotatable bonds is 7. The summed E-state index contributed by atoms with van der Waals surface area (Å²) in [6.07, 6.45) is 5.01. The van der Waals surface area contributed by atoms with Crippen LogP contribution in [0.5, 0.6) is 0 Å². The van der Waals surface area contributed by atoms with Crippen LogP contribution in [0.3, 0.4) is 0 Å². The van der Waals surface area contributed by atoms with E-state index in [0.29, 0.717) is 0 Å². The summed E-state index contributed by atoms with van der Waals surface area (Å²) in [5.74, 6) is -0.285. The molecule has 0 saturated carbocycles. The van der Waals surface area contributed by atoms with Gasteiger partial charge in [-0.3, -0.25) is 9.63 Å². The lowest BCUT2D eigenvalue weighted by Gasteiger charge is -2.30. The second-order valence-corrected chi connectivity index (χ2v) is 3.41. The van der Waals surface area contributed by atoms with Crippen molar-refractivity contribution in [1.29, 1.82) is 0 Å². The molecule has 0 fully saturated rings. The van der Waals surface area contributed by atoms with Gasteiger partial charge in [-0.25, -0.2) is 5.48 Å². The number of hydrogen-bond donors (Lipinski definition) is 1. The topological polar surface area (TPSA) is 38.3 Å². The van der Waals surface area contributed by atoms with Gasteiger partial charge in [-0.1, -0.05) is 33.8 Å². The third kappa shape index (κ3) is 3.92. The molecule has 0 unspecified atom stereocenters. The fraction of sp³-hybridized carbons (Fsp3) is 0.727. The molecule has 0 radical (unpaired) electrons. The summed E-state index contributed by atoms with van der Waals surface area (Å²) in [4.78, 5) is 16.4. The Morgan fingerprint density at radius 1 is 1.43 bits per heavy atom. The van der Waals surface area contributed by atoms with Crippen molar-refractivity contribution in [2.75, 3.05) is 0 Å². The summed E-state index contributed by atoms with van der Waals surface area (Å²) in [5, 5.41) is 0. The van der Waals surface area contributed by atoms with Gasteiger partial charge in [0.05, 0.1) is 5.60 Å². The van der Waals surface area contributed by atoms with E-state index in [0.717, 1.165) is 25.7 Å². The quantitative estimate of drug-likeness (QED) is 0.505. The summed E-state index contributed by atoms with van der Waals surface area (Å²) in [6, 6.07) is 0. The molecule has 0 aliphatic carbocycles. The van der Waals surface area contributed by atoms with Gasteiger partial charge in [-0.15, -0.1) is 0 Å². The minimum atomic E-state index is -0.285. The molecule has 1 N–H and O–H groups in total. The molecule has 0 heterocycles. The van der Waals surface area contributed by atoms with Gasteiger partial charge in [-0.05, 0) is 25.3 Å². The lowest BCUT2D eigenvalue weighted by molar-refractivity contribution is -0.151. The standard InChI is InChI=1S/C11H21NO2/c1-5-9-11(7-3,8-4)14-12-10(13)6-2/h6H,2,5,7-9H2,1,3-4H3,(H,12,13). The highest BCUT2D eigenvalue weighted by atomic mass is 16.7. The van der Waals surface area contributed by atoms with Crippen LogP contribution in [0.25, 0.3) is 0 Å². The fourth-order valence-corrected chi connectivity index (χ4v) is 1.45. The van der Waals surface area contributed by atoms with Crippen LogP contribution in [-0.2, 0) is 9.63 Å². The van der Waals surface area contributed by atoms with Crippen molar-refractivity contribution in [2.45, 2.75) is 52.1 Å². The van der Waals surface area contributed by atoms with Crippen molar-refractivity contribution in [2.24, 2.45) is 0 Å². The van der Waals surface area contributed by atoms with Crippen molar-refractivity contribution in [3.8, 4) is 0 Å². The Morgan fingerprint density at radius 2 is 2.00 bits per heavy atom. The second-order valence-electron chi connectivity index (χ2n) is 3.41. The fourth-order valence-electron chi connectivity index (χ4n) is 1.45. The smallest absolute Gasteiger partial charge is 0.266 e. The van der Waals surface area contributed by atoms with Crippen LogP contribution < -0.4 is 5.48 Å². The highest BCUT2D eigenvalue weighted by Crippen LogP contribution is 2.24. The highest BCUT2D eigenvalue weighted by Gasteiger charge is 2.27. The van der Waals surface area contributed by atoms with Crippen LogP contribution in [-0.4, -0.2) is 11.5 Å². The van der Waals surface area contributed by atoms with E-state index in [9.17, 15) is 4.79 Å². The van der Waals surface area contributed by atoms with Crippen molar-refractivity contribution >= 4 is 5.91 Å². The molecule has 0 aromatic heterocycles. The number of nitrogens with one attached hydrogen (secondary N) is 1. The van der Waals surface area contributed by atoms with Crippen molar-refractivity contribution in [1.82, 2.24) is 5.48 Å². The summed E-state index contributed by atoms with van der Waals surface area (Å²) >= 11 is 0. The first-order valence-electron chi connectivity index (χ1n) is 5.24. The van der Waals surface area contributed by atoms with E-state index < -0.39 is 0 Å². The van der Waals surface area contributed by atoms with E-state index in [4.69, 9.17) is 4.84 Å². The van der Waals surface area contributed by atoms with Crippen LogP contribution in [0.4, 0.5) is 0 Å². The SMILES string of the molecule is C=CC(=O)NOC(CC)(CC)CCC. The third-order valence-electron chi connectivity index (χ3n) is 2.55. The Hall–Kier alpha value is -0.830. The Morgan fingerprint density at radius 3 is 2.36 bits per heavy atom. The van der Waals surface area contributed by atoms with Gasteiger partial charge in [0.25, 0.3) is 5.91 Å². The first-order chi connectivity index (χ1) is 6.64. The van der Waals surface area contributed by atoms with Gasteiger partial charge < -0.3 is 0 Å². The number of carbonyl (C=O) groups is 1. The van der Waals surface area contributed by atoms with Crippen LogP contribution in [0.15, 0.2) is 12.7 Å². The number of carbonyl (C=O) groups excluding carboxylic acids is 1. The summed E-state index contributed by atoms with van der Waals surface area (Å²) in [6.45, 7) is 9.61. The number of hydrogen-bond acceptors (Lipinski definition) is 2. The van der Waals surface area contributed by atoms with E-state index in [-0.39, 0.29) is 11.5 Å². The summed E-state index contributed by atoms with van der Waals surface area (Å²) in [7, 11) is 0. The van der Waals surface area contributed by atoms with Crippen LogP contribution in [0, 0.1) is 0 Å². The maximum atomic E-state index is 10.9. The maximum Gasteiger partial charge on any atom is 0.266 e. The molecule has 3 nitrogen and oxygen atoms in total. The van der Waals surface area contributed by atoms with Gasteiger partial charge in [0.1, 0.15) is 0 Å². The molecule has 0 aliphatic heterocycles. The highest BCUT2D eigenvalue weighted by molar-refractivity contribution is 5.85. The molecule has 0 atom stereocenters. The first-order valence-corrected chi connectivity index (χ1v) is 5.24. The molecule has 3 heteroatoms. The largest absolute Gasteiger partial charge is 0.268 e. The molecule has 0 aromatic carbocycles. The zero-order valence-electron chi connectivity index (χ0n) is 9.43. The number of hydroxylamine groups is 1. The molecule has 0 bridgehead atoms. The Balaban J connectivity index is 4.19. The van der Waals surface area contributed by atoms with Gasteiger partial charge >= 0.3 is 0 Å². The van der Waals surface area contributed by atoms with Crippen molar-refractivity contribution in [3.05, 3.63) is 12.7 Å². The average Bonchev–Trinajstić information content (AvgIpc) is 2.24. The Kier molecular flexibility index (Phi) is 6.21. The number of amides is 1.